The number of primary amides is 1. The number of hydrogen-bond donors (Lipinski definition) is 1. The second-order valence-electron chi connectivity index (χ2n) is 3.33. The van der Waals surface area contributed by atoms with Gasteiger partial charge in [0.1, 0.15) is 0 Å². The van der Waals surface area contributed by atoms with Crippen LogP contribution in [-0.2, 0) is 11.2 Å². The Bertz CT molecular complexity index is 342. The average Bonchev–Trinajstić information content (AvgIpc) is 2.17. The zero-order valence-electron chi connectivity index (χ0n) is 8.58. The first-order valence-corrected chi connectivity index (χ1v) is 4.64. The van der Waals surface area contributed by atoms with Gasteiger partial charge in [-0.3, -0.25) is 4.79 Å². The van der Waals surface area contributed by atoms with Gasteiger partial charge in [0.2, 0.25) is 5.91 Å². The van der Waals surface area contributed by atoms with Gasteiger partial charge in [0, 0.05) is 5.57 Å². The summed E-state index contributed by atoms with van der Waals surface area (Å²) in [6, 6.07) is 8.65. The maximum absolute atomic E-state index is 10.1. The van der Waals surface area contributed by atoms with Crippen molar-refractivity contribution < 1.29 is 4.79 Å². The number of allylic oxidation sites excluding steroid dienone is 1. The van der Waals surface area contributed by atoms with Crippen LogP contribution in [0.15, 0.2) is 35.9 Å². The molecule has 0 spiro atoms. The number of hydrogen-bond acceptors (Lipinski definition) is 1. The predicted molar refractivity (Wildman–Crippen MR) is 57.9 cm³/mol. The Morgan fingerprint density at radius 3 is 2.00 bits per heavy atom. The van der Waals surface area contributed by atoms with Crippen LogP contribution >= 0.6 is 0 Å². The molecule has 2 aliphatic rings. The summed E-state index contributed by atoms with van der Waals surface area (Å²) < 4.78 is 0. The van der Waals surface area contributed by atoms with Crippen LogP contribution in [0.4, 0.5) is 0 Å². The molecule has 1 amide bonds. The third-order valence-corrected chi connectivity index (χ3v) is 2.22. The SMILES string of the molecule is CC=C(C)C(N)=O.c1cc2cc(c1)C2. The van der Waals surface area contributed by atoms with Gasteiger partial charge in [0.05, 0.1) is 0 Å². The van der Waals surface area contributed by atoms with E-state index in [0.717, 1.165) is 0 Å². The lowest BCUT2D eigenvalue weighted by molar-refractivity contribution is -0.114. The second kappa shape index (κ2) is 4.61. The van der Waals surface area contributed by atoms with Crippen molar-refractivity contribution in [2.75, 3.05) is 0 Å². The van der Waals surface area contributed by atoms with Crippen molar-refractivity contribution in [3.63, 3.8) is 0 Å². The van der Waals surface area contributed by atoms with E-state index < -0.39 is 0 Å². The van der Waals surface area contributed by atoms with Crippen molar-refractivity contribution in [2.24, 2.45) is 5.73 Å². The molecule has 0 aromatic heterocycles. The fourth-order valence-electron chi connectivity index (χ4n) is 1.10. The fraction of sp³-hybridized carbons (Fsp3) is 0.250. The predicted octanol–water partition coefficient (Wildman–Crippen LogP) is 2.03. The summed E-state index contributed by atoms with van der Waals surface area (Å²) in [6.45, 7) is 3.46. The molecule has 74 valence electrons. The van der Waals surface area contributed by atoms with Gasteiger partial charge in [0.15, 0.2) is 0 Å². The number of amides is 1. The molecule has 0 fully saturated rings. The first kappa shape index (κ1) is 10.5. The van der Waals surface area contributed by atoms with Crippen LogP contribution in [0.1, 0.15) is 25.0 Å². The summed E-state index contributed by atoms with van der Waals surface area (Å²) in [5.74, 6) is -0.345. The molecule has 0 saturated heterocycles. The average molecular weight is 189 g/mol. The highest BCUT2D eigenvalue weighted by Crippen LogP contribution is 2.18. The Hall–Kier alpha value is -1.57. The van der Waals surface area contributed by atoms with Crippen molar-refractivity contribution in [1.82, 2.24) is 0 Å². The van der Waals surface area contributed by atoms with Crippen LogP contribution in [0.2, 0.25) is 0 Å². The lowest BCUT2D eigenvalue weighted by Crippen LogP contribution is -2.10. The van der Waals surface area contributed by atoms with E-state index in [1.165, 1.54) is 17.5 Å². The standard InChI is InChI=1S/C7H6.C5H9NO/c1-2-6-4-7(3-1)5-6;1-3-4(2)5(6)7/h1-4H,5H2;3H,1-2H3,(H2,6,7). The van der Waals surface area contributed by atoms with Crippen molar-refractivity contribution in [2.45, 2.75) is 20.3 Å². The van der Waals surface area contributed by atoms with E-state index in [1.807, 2.05) is 0 Å². The van der Waals surface area contributed by atoms with Crippen LogP contribution < -0.4 is 5.73 Å². The molecular weight excluding hydrogens is 174 g/mol. The highest BCUT2D eigenvalue weighted by Gasteiger charge is 2.04. The maximum atomic E-state index is 10.1. The molecule has 0 unspecified atom stereocenters. The molecule has 3 rings (SSSR count). The summed E-state index contributed by atoms with van der Waals surface area (Å²) in [7, 11) is 0. The van der Waals surface area contributed by atoms with Gasteiger partial charge in [-0.2, -0.15) is 0 Å². The smallest absolute Gasteiger partial charge is 0.243 e. The third kappa shape index (κ3) is 2.73. The summed E-state index contributed by atoms with van der Waals surface area (Å²) in [5, 5.41) is 0. The Balaban J connectivity index is 0.000000140. The Labute approximate surface area is 84.4 Å². The van der Waals surface area contributed by atoms with Crippen LogP contribution in [-0.4, -0.2) is 5.91 Å². The normalized spacial score (nSPS) is 12.3. The summed E-state index contributed by atoms with van der Waals surface area (Å²) in [5.41, 5.74) is 8.42. The highest BCUT2D eigenvalue weighted by atomic mass is 16.1. The molecular formula is C12H15NO. The number of carbonyl (C=O) groups excluding carboxylic acids is 1. The topological polar surface area (TPSA) is 43.1 Å². The monoisotopic (exact) mass is 189 g/mol. The zero-order valence-corrected chi connectivity index (χ0v) is 8.58. The van der Waals surface area contributed by atoms with Crippen LogP contribution in [0.25, 0.3) is 0 Å². The lowest BCUT2D eigenvalue weighted by atomic mass is 9.94. The third-order valence-electron chi connectivity index (χ3n) is 2.22. The molecule has 0 saturated carbocycles. The molecule has 0 radical (unpaired) electrons. The summed E-state index contributed by atoms with van der Waals surface area (Å²) in [6.07, 6.45) is 2.90. The van der Waals surface area contributed by atoms with E-state index in [-0.39, 0.29) is 5.91 Å². The Morgan fingerprint density at radius 2 is 1.93 bits per heavy atom. The van der Waals surface area contributed by atoms with Gasteiger partial charge in [-0.25, -0.2) is 0 Å². The van der Waals surface area contributed by atoms with Crippen LogP contribution in [0.5, 0.6) is 0 Å². The van der Waals surface area contributed by atoms with Gasteiger partial charge in [-0.15, -0.1) is 0 Å². The lowest BCUT2D eigenvalue weighted by Gasteiger charge is -2.11. The van der Waals surface area contributed by atoms with E-state index in [0.29, 0.717) is 5.57 Å². The zero-order chi connectivity index (χ0) is 10.6. The van der Waals surface area contributed by atoms with Crippen molar-refractivity contribution in [3.05, 3.63) is 47.0 Å². The number of rotatable bonds is 1. The quantitative estimate of drug-likeness (QED) is 0.685. The number of nitrogens with two attached hydrogens (primary N) is 1. The second-order valence-corrected chi connectivity index (χ2v) is 3.33. The molecule has 2 heteroatoms. The molecule has 1 aromatic rings. The van der Waals surface area contributed by atoms with Crippen molar-refractivity contribution >= 4 is 5.91 Å². The number of fused-ring (bicyclic) bond motifs is 2. The molecule has 2 aliphatic carbocycles. The highest BCUT2D eigenvalue weighted by molar-refractivity contribution is 5.91. The molecule has 0 aliphatic heterocycles. The molecule has 0 heterocycles. The summed E-state index contributed by atoms with van der Waals surface area (Å²) in [4.78, 5) is 10.1. The largest absolute Gasteiger partial charge is 0.366 e. The minimum atomic E-state index is -0.345. The molecule has 2 bridgehead atoms. The van der Waals surface area contributed by atoms with Gasteiger partial charge in [0.25, 0.3) is 0 Å². The van der Waals surface area contributed by atoms with Crippen LogP contribution in [0.3, 0.4) is 0 Å². The first-order valence-electron chi connectivity index (χ1n) is 4.64. The Kier molecular flexibility index (Phi) is 3.46. The Morgan fingerprint density at radius 1 is 1.43 bits per heavy atom. The molecule has 0 atom stereocenters. The van der Waals surface area contributed by atoms with E-state index in [2.05, 4.69) is 24.3 Å². The van der Waals surface area contributed by atoms with Gasteiger partial charge >= 0.3 is 0 Å². The van der Waals surface area contributed by atoms with E-state index in [4.69, 9.17) is 5.73 Å². The van der Waals surface area contributed by atoms with Crippen molar-refractivity contribution in [3.8, 4) is 0 Å². The number of benzene rings is 1. The minimum Gasteiger partial charge on any atom is -0.366 e. The van der Waals surface area contributed by atoms with Gasteiger partial charge in [-0.1, -0.05) is 30.3 Å². The summed E-state index contributed by atoms with van der Waals surface area (Å²) >= 11 is 0. The maximum Gasteiger partial charge on any atom is 0.243 e. The van der Waals surface area contributed by atoms with E-state index >= 15 is 0 Å². The van der Waals surface area contributed by atoms with Gasteiger partial charge < -0.3 is 5.73 Å². The minimum absolute atomic E-state index is 0.345. The van der Waals surface area contributed by atoms with E-state index in [1.54, 1.807) is 19.9 Å². The van der Waals surface area contributed by atoms with Gasteiger partial charge in [-0.05, 0) is 31.4 Å². The fourth-order valence-corrected chi connectivity index (χ4v) is 1.10. The molecule has 2 N–H and O–H groups in total. The molecule has 1 aromatic carbocycles. The molecule has 14 heavy (non-hydrogen) atoms. The number of carbonyl (C=O) groups is 1. The first-order chi connectivity index (χ1) is 6.63. The van der Waals surface area contributed by atoms with E-state index in [9.17, 15) is 4.79 Å². The van der Waals surface area contributed by atoms with Crippen molar-refractivity contribution in [1.29, 1.82) is 0 Å². The molecule has 2 nitrogen and oxygen atoms in total. The van der Waals surface area contributed by atoms with Crippen LogP contribution in [0, 0.1) is 0 Å².